The predicted molar refractivity (Wildman–Crippen MR) is 96.8 cm³/mol. The van der Waals surface area contributed by atoms with Crippen molar-refractivity contribution in [1.82, 2.24) is 5.32 Å². The van der Waals surface area contributed by atoms with Crippen LogP contribution < -0.4 is 15.0 Å². The molecule has 1 aliphatic rings. The Morgan fingerprint density at radius 3 is 2.60 bits per heavy atom. The van der Waals surface area contributed by atoms with Crippen LogP contribution in [0.2, 0.25) is 0 Å². The van der Waals surface area contributed by atoms with E-state index in [2.05, 4.69) is 5.32 Å². The van der Waals surface area contributed by atoms with Gasteiger partial charge < -0.3 is 19.7 Å². The van der Waals surface area contributed by atoms with Crippen molar-refractivity contribution in [1.29, 1.82) is 0 Å². The second-order valence-corrected chi connectivity index (χ2v) is 6.52. The number of carbonyl (C=O) groups excluding carboxylic acids is 2. The first-order chi connectivity index (χ1) is 12.0. The molecule has 0 saturated carbocycles. The fourth-order valence-corrected chi connectivity index (χ4v) is 2.78. The maximum Gasteiger partial charge on any atom is 0.223 e. The van der Waals surface area contributed by atoms with Crippen LogP contribution in [0.15, 0.2) is 24.3 Å². The minimum atomic E-state index is -0.0931. The summed E-state index contributed by atoms with van der Waals surface area (Å²) in [5.41, 5.74) is 0.760. The van der Waals surface area contributed by atoms with Crippen molar-refractivity contribution in [2.75, 3.05) is 24.6 Å². The van der Waals surface area contributed by atoms with Crippen molar-refractivity contribution >= 4 is 17.5 Å². The zero-order valence-electron chi connectivity index (χ0n) is 15.3. The summed E-state index contributed by atoms with van der Waals surface area (Å²) >= 11 is 0. The van der Waals surface area contributed by atoms with Crippen LogP contribution in [-0.2, 0) is 14.3 Å². The van der Waals surface area contributed by atoms with Gasteiger partial charge in [-0.2, -0.15) is 0 Å². The van der Waals surface area contributed by atoms with Gasteiger partial charge in [0.1, 0.15) is 5.75 Å². The molecular formula is C19H28N2O4. The number of nitrogens with zero attached hydrogens (tertiary/aromatic N) is 1. The van der Waals surface area contributed by atoms with Crippen molar-refractivity contribution < 1.29 is 19.1 Å². The van der Waals surface area contributed by atoms with Crippen LogP contribution in [0.1, 0.15) is 40.0 Å². The number of nitrogens with one attached hydrogen (secondary N) is 1. The normalized spacial score (nSPS) is 16.7. The number of benzene rings is 1. The van der Waals surface area contributed by atoms with Gasteiger partial charge in [-0.1, -0.05) is 0 Å². The third kappa shape index (κ3) is 6.38. The molecule has 138 valence electrons. The Kier molecular flexibility index (Phi) is 7.25. The number of ether oxygens (including phenoxy) is 2. The standard InChI is InChI=1S/C19H28N2O4/c1-14(2)25-17-8-6-16(7-9-17)21(15(3)22)11-10-19(23)20-13-18-5-4-12-24-18/h6-9,14,18H,4-5,10-13H2,1-3H3,(H,20,23). The van der Waals surface area contributed by atoms with Crippen molar-refractivity contribution in [2.24, 2.45) is 0 Å². The second-order valence-electron chi connectivity index (χ2n) is 6.52. The SMILES string of the molecule is CC(=O)N(CCC(=O)NCC1CCCO1)c1ccc(OC(C)C)cc1. The van der Waals surface area contributed by atoms with E-state index in [0.29, 0.717) is 13.1 Å². The molecule has 2 rings (SSSR count). The van der Waals surface area contributed by atoms with Crippen LogP contribution in [0.25, 0.3) is 0 Å². The summed E-state index contributed by atoms with van der Waals surface area (Å²) in [6.45, 7) is 7.09. The van der Waals surface area contributed by atoms with Gasteiger partial charge >= 0.3 is 0 Å². The van der Waals surface area contributed by atoms with E-state index in [1.807, 2.05) is 38.1 Å². The lowest BCUT2D eigenvalue weighted by molar-refractivity contribution is -0.121. The van der Waals surface area contributed by atoms with Crippen molar-refractivity contribution in [3.63, 3.8) is 0 Å². The Morgan fingerprint density at radius 2 is 2.04 bits per heavy atom. The van der Waals surface area contributed by atoms with Crippen molar-refractivity contribution in [3.8, 4) is 5.75 Å². The molecule has 1 unspecified atom stereocenters. The second kappa shape index (κ2) is 9.42. The predicted octanol–water partition coefficient (Wildman–Crippen LogP) is 2.51. The fourth-order valence-electron chi connectivity index (χ4n) is 2.78. The van der Waals surface area contributed by atoms with Crippen molar-refractivity contribution in [2.45, 2.75) is 52.2 Å². The molecule has 6 nitrogen and oxygen atoms in total. The van der Waals surface area contributed by atoms with Crippen LogP contribution in [-0.4, -0.2) is 43.7 Å². The Labute approximate surface area is 149 Å². The number of hydrogen-bond acceptors (Lipinski definition) is 4. The summed E-state index contributed by atoms with van der Waals surface area (Å²) < 4.78 is 11.1. The lowest BCUT2D eigenvalue weighted by Gasteiger charge is -2.22. The minimum Gasteiger partial charge on any atom is -0.491 e. The Hall–Kier alpha value is -2.08. The summed E-state index contributed by atoms with van der Waals surface area (Å²) in [5.74, 6) is 0.600. The molecule has 1 aromatic rings. The van der Waals surface area contributed by atoms with Crippen LogP contribution in [0.5, 0.6) is 5.75 Å². The molecule has 0 spiro atoms. The summed E-state index contributed by atoms with van der Waals surface area (Å²) in [6.07, 6.45) is 2.53. The molecule has 0 aromatic heterocycles. The number of rotatable bonds is 8. The number of amides is 2. The molecule has 1 N–H and O–H groups in total. The third-order valence-corrected chi connectivity index (χ3v) is 4.01. The van der Waals surface area contributed by atoms with E-state index in [0.717, 1.165) is 30.9 Å². The highest BCUT2D eigenvalue weighted by atomic mass is 16.5. The monoisotopic (exact) mass is 348 g/mol. The van der Waals surface area contributed by atoms with Gasteiger partial charge in [0.2, 0.25) is 11.8 Å². The summed E-state index contributed by atoms with van der Waals surface area (Å²) in [6, 6.07) is 7.35. The highest BCUT2D eigenvalue weighted by Crippen LogP contribution is 2.21. The van der Waals surface area contributed by atoms with Crippen LogP contribution in [0.4, 0.5) is 5.69 Å². The van der Waals surface area contributed by atoms with E-state index in [-0.39, 0.29) is 30.4 Å². The van der Waals surface area contributed by atoms with Gasteiger partial charge in [0.25, 0.3) is 0 Å². The molecule has 6 heteroatoms. The molecule has 1 heterocycles. The van der Waals surface area contributed by atoms with Gasteiger partial charge in [-0.05, 0) is 51.0 Å². The molecule has 2 amide bonds. The van der Waals surface area contributed by atoms with E-state index < -0.39 is 0 Å². The molecule has 0 radical (unpaired) electrons. The van der Waals surface area contributed by atoms with E-state index >= 15 is 0 Å². The fraction of sp³-hybridized carbons (Fsp3) is 0.579. The average molecular weight is 348 g/mol. The molecule has 25 heavy (non-hydrogen) atoms. The van der Waals surface area contributed by atoms with Crippen LogP contribution >= 0.6 is 0 Å². The Balaban J connectivity index is 1.85. The summed E-state index contributed by atoms with van der Waals surface area (Å²) in [5, 5.41) is 2.88. The van der Waals surface area contributed by atoms with E-state index in [9.17, 15) is 9.59 Å². The largest absolute Gasteiger partial charge is 0.491 e. The molecule has 1 aromatic carbocycles. The van der Waals surface area contributed by atoms with Crippen LogP contribution in [0, 0.1) is 0 Å². The quantitative estimate of drug-likeness (QED) is 0.784. The van der Waals surface area contributed by atoms with Crippen LogP contribution in [0.3, 0.4) is 0 Å². The number of hydrogen-bond donors (Lipinski definition) is 1. The van der Waals surface area contributed by atoms with Crippen molar-refractivity contribution in [3.05, 3.63) is 24.3 Å². The highest BCUT2D eigenvalue weighted by Gasteiger charge is 2.17. The van der Waals surface area contributed by atoms with Gasteiger partial charge in [-0.15, -0.1) is 0 Å². The molecule has 1 aliphatic heterocycles. The topological polar surface area (TPSA) is 67.9 Å². The zero-order chi connectivity index (χ0) is 18.2. The Bertz CT molecular complexity index is 565. The lowest BCUT2D eigenvalue weighted by atomic mass is 10.2. The average Bonchev–Trinajstić information content (AvgIpc) is 3.07. The van der Waals surface area contributed by atoms with E-state index in [1.165, 1.54) is 6.92 Å². The molecule has 1 fully saturated rings. The number of carbonyl (C=O) groups is 2. The van der Waals surface area contributed by atoms with Gasteiger partial charge in [-0.25, -0.2) is 0 Å². The highest BCUT2D eigenvalue weighted by molar-refractivity contribution is 5.92. The lowest BCUT2D eigenvalue weighted by Crippen LogP contribution is -2.36. The van der Waals surface area contributed by atoms with Gasteiger partial charge in [0.05, 0.1) is 12.2 Å². The van der Waals surface area contributed by atoms with Gasteiger partial charge in [-0.3, -0.25) is 9.59 Å². The Morgan fingerprint density at radius 1 is 1.32 bits per heavy atom. The molecule has 0 bridgehead atoms. The first kappa shape index (κ1) is 19.2. The smallest absolute Gasteiger partial charge is 0.223 e. The summed E-state index contributed by atoms with van der Waals surface area (Å²) in [4.78, 5) is 25.5. The number of anilines is 1. The molecule has 0 aliphatic carbocycles. The van der Waals surface area contributed by atoms with Gasteiger partial charge in [0.15, 0.2) is 0 Å². The minimum absolute atomic E-state index is 0.0680. The maximum atomic E-state index is 12.0. The van der Waals surface area contributed by atoms with Gasteiger partial charge in [0, 0.05) is 38.7 Å². The zero-order valence-corrected chi connectivity index (χ0v) is 15.3. The molecular weight excluding hydrogens is 320 g/mol. The molecule has 1 atom stereocenters. The summed E-state index contributed by atoms with van der Waals surface area (Å²) in [7, 11) is 0. The molecule has 1 saturated heterocycles. The maximum absolute atomic E-state index is 12.0. The first-order valence-corrected chi connectivity index (χ1v) is 8.89. The van der Waals surface area contributed by atoms with E-state index in [4.69, 9.17) is 9.47 Å². The third-order valence-electron chi connectivity index (χ3n) is 4.01. The van der Waals surface area contributed by atoms with E-state index in [1.54, 1.807) is 4.90 Å². The first-order valence-electron chi connectivity index (χ1n) is 8.89.